The quantitative estimate of drug-likeness (QED) is 0.265. The van der Waals surface area contributed by atoms with Crippen molar-refractivity contribution in [1.29, 1.82) is 0 Å². The zero-order valence-corrected chi connectivity index (χ0v) is 15.8. The molecule has 0 radical (unpaired) electrons. The fourth-order valence-corrected chi connectivity index (χ4v) is 4.97. The van der Waals surface area contributed by atoms with Crippen LogP contribution >= 0.6 is 0 Å². The molecular weight excluding hydrogens is 380 g/mol. The Morgan fingerprint density at radius 3 is 1.33 bits per heavy atom. The minimum atomic E-state index is -1.85. The molecule has 0 unspecified atom stereocenters. The van der Waals surface area contributed by atoms with E-state index in [4.69, 9.17) is 0 Å². The van der Waals surface area contributed by atoms with Crippen LogP contribution in [0.15, 0.2) is 91.0 Å². The molecular formula is C24H18N2O4. The number of aromatic nitrogens is 1. The molecule has 30 heavy (non-hydrogen) atoms. The zero-order valence-electron chi connectivity index (χ0n) is 15.8. The van der Waals surface area contributed by atoms with Gasteiger partial charge in [0.15, 0.2) is 0 Å². The Kier molecular flexibility index (Phi) is 3.73. The maximum absolute atomic E-state index is 12.8. The molecule has 6 nitrogen and oxygen atoms in total. The van der Waals surface area contributed by atoms with Crippen LogP contribution in [0.2, 0.25) is 0 Å². The van der Waals surface area contributed by atoms with Gasteiger partial charge in [0.25, 0.3) is 0 Å². The van der Waals surface area contributed by atoms with Crippen LogP contribution in [-0.4, -0.2) is 20.1 Å². The monoisotopic (exact) mass is 398 g/mol. The number of fused-ring (bicyclic) bond motifs is 1. The summed E-state index contributed by atoms with van der Waals surface area (Å²) in [6.45, 7) is 0. The second-order valence-corrected chi connectivity index (χ2v) is 7.39. The predicted molar refractivity (Wildman–Crippen MR) is 111 cm³/mol. The van der Waals surface area contributed by atoms with E-state index in [0.717, 1.165) is 0 Å². The summed E-state index contributed by atoms with van der Waals surface area (Å²) >= 11 is 0. The molecule has 0 atom stereocenters. The zero-order chi connectivity index (χ0) is 20.9. The number of hydrogen-bond donors (Lipinski definition) is 3. The number of nitrogens with zero attached hydrogens (tertiary/aromatic N) is 1. The van der Waals surface area contributed by atoms with Crippen molar-refractivity contribution < 1.29 is 15.1 Å². The van der Waals surface area contributed by atoms with Crippen molar-refractivity contribution in [3.05, 3.63) is 129 Å². The van der Waals surface area contributed by atoms with Crippen LogP contribution in [0.25, 0.3) is 0 Å². The molecule has 0 fully saturated rings. The van der Waals surface area contributed by atoms with E-state index in [-0.39, 0.29) is 22.9 Å². The molecule has 5 rings (SSSR count). The van der Waals surface area contributed by atoms with Gasteiger partial charge in [-0.25, -0.2) is 0 Å². The van der Waals surface area contributed by atoms with Crippen molar-refractivity contribution in [1.82, 2.24) is 4.98 Å². The molecule has 0 amide bonds. The number of aromatic hydroxyl groups is 2. The van der Waals surface area contributed by atoms with Gasteiger partial charge in [-0.05, 0) is 16.7 Å². The Morgan fingerprint density at radius 1 is 0.700 bits per heavy atom. The third-order valence-electron chi connectivity index (χ3n) is 6.06. The molecule has 0 spiro atoms. The fraction of sp³-hybridized carbons (Fsp3) is 0.0833. The maximum atomic E-state index is 12.8. The Labute approximate surface area is 172 Å². The van der Waals surface area contributed by atoms with E-state index in [1.165, 1.54) is 0 Å². The number of H-pyrrole nitrogens is 1. The summed E-state index contributed by atoms with van der Waals surface area (Å²) in [6.07, 6.45) is 0. The summed E-state index contributed by atoms with van der Waals surface area (Å²) in [6, 6.07) is 27.7. The first-order valence-corrected chi connectivity index (χ1v) is 9.52. The lowest BCUT2D eigenvalue weighted by atomic mass is 9.61. The fourth-order valence-electron chi connectivity index (χ4n) is 4.97. The number of nitrogens with one attached hydrogen (secondary N) is 1. The van der Waals surface area contributed by atoms with E-state index < -0.39 is 15.9 Å². The molecule has 148 valence electrons. The van der Waals surface area contributed by atoms with Crippen LogP contribution in [0.4, 0.5) is 0 Å². The molecule has 1 aliphatic rings. The Morgan fingerprint density at radius 2 is 1.03 bits per heavy atom. The van der Waals surface area contributed by atoms with Crippen molar-refractivity contribution in [2.24, 2.45) is 0 Å². The van der Waals surface area contributed by atoms with Gasteiger partial charge >= 0.3 is 5.54 Å². The molecule has 3 aromatic carbocycles. The van der Waals surface area contributed by atoms with Gasteiger partial charge < -0.3 is 10.2 Å². The second-order valence-electron chi connectivity index (χ2n) is 7.39. The minimum absolute atomic E-state index is 0.113. The number of rotatable bonds is 5. The number of nitro groups is 1. The van der Waals surface area contributed by atoms with E-state index >= 15 is 0 Å². The lowest BCUT2D eigenvalue weighted by Gasteiger charge is -2.38. The summed E-state index contributed by atoms with van der Waals surface area (Å²) in [5.41, 5.74) is -0.869. The Hall–Kier alpha value is -4.06. The highest BCUT2D eigenvalue weighted by Gasteiger charge is 2.81. The molecule has 6 heteroatoms. The average Bonchev–Trinajstić information content (AvgIpc) is 3.40. The highest BCUT2D eigenvalue weighted by atomic mass is 16.6. The first-order chi connectivity index (χ1) is 14.6. The molecule has 0 saturated heterocycles. The summed E-state index contributed by atoms with van der Waals surface area (Å²) < 4.78 is 0. The average molecular weight is 398 g/mol. The van der Waals surface area contributed by atoms with Gasteiger partial charge in [-0.15, -0.1) is 0 Å². The summed E-state index contributed by atoms with van der Waals surface area (Å²) in [7, 11) is 0. The van der Waals surface area contributed by atoms with Crippen LogP contribution in [0.3, 0.4) is 0 Å². The smallest absolute Gasteiger partial charge is 0.301 e. The first-order valence-electron chi connectivity index (χ1n) is 9.52. The van der Waals surface area contributed by atoms with Gasteiger partial charge in [-0.1, -0.05) is 91.0 Å². The normalized spacial score (nSPS) is 14.1. The van der Waals surface area contributed by atoms with Crippen molar-refractivity contribution >= 4 is 0 Å². The largest absolute Gasteiger partial charge is 0.494 e. The minimum Gasteiger partial charge on any atom is -0.494 e. The molecule has 0 bridgehead atoms. The molecule has 0 saturated carbocycles. The summed E-state index contributed by atoms with van der Waals surface area (Å²) in [4.78, 5) is 14.9. The van der Waals surface area contributed by atoms with Gasteiger partial charge in [-0.3, -0.25) is 15.1 Å². The highest BCUT2D eigenvalue weighted by Crippen LogP contribution is 2.71. The molecule has 1 aliphatic carbocycles. The van der Waals surface area contributed by atoms with Crippen molar-refractivity contribution in [2.45, 2.75) is 11.0 Å². The third kappa shape index (κ3) is 2.02. The van der Waals surface area contributed by atoms with Crippen LogP contribution in [0.5, 0.6) is 11.8 Å². The van der Waals surface area contributed by atoms with E-state index in [9.17, 15) is 20.3 Å². The van der Waals surface area contributed by atoms with Crippen LogP contribution in [0, 0.1) is 10.1 Å². The van der Waals surface area contributed by atoms with E-state index in [2.05, 4.69) is 4.98 Å². The van der Waals surface area contributed by atoms with Gasteiger partial charge in [0.2, 0.25) is 11.8 Å². The van der Waals surface area contributed by atoms with E-state index in [1.54, 1.807) is 0 Å². The molecule has 1 heterocycles. The van der Waals surface area contributed by atoms with Gasteiger partial charge in [0.05, 0.1) is 0 Å². The molecule has 4 aromatic rings. The Balaban J connectivity index is 1.98. The number of hydrogen-bond acceptors (Lipinski definition) is 4. The number of aromatic amines is 1. The molecule has 1 aromatic heterocycles. The van der Waals surface area contributed by atoms with Crippen molar-refractivity contribution in [2.75, 3.05) is 0 Å². The van der Waals surface area contributed by atoms with E-state index in [1.807, 2.05) is 91.0 Å². The SMILES string of the molecule is O=[N+]([O-])C1(C(c2ccccc2)(c2ccccc2)c2ccccc2)c2c(O)[nH]c(O)c21. The predicted octanol–water partition coefficient (Wildman–Crippen LogP) is 4.29. The van der Waals surface area contributed by atoms with Gasteiger partial charge in [0.1, 0.15) is 16.5 Å². The number of benzene rings is 3. The van der Waals surface area contributed by atoms with Gasteiger partial charge in [0, 0.05) is 4.92 Å². The highest BCUT2D eigenvalue weighted by molar-refractivity contribution is 5.76. The first kappa shape index (κ1) is 18.0. The van der Waals surface area contributed by atoms with Crippen molar-refractivity contribution in [3.8, 4) is 11.8 Å². The molecule has 3 N–H and O–H groups in total. The Bertz CT molecular complexity index is 1110. The van der Waals surface area contributed by atoms with Gasteiger partial charge in [-0.2, -0.15) is 0 Å². The van der Waals surface area contributed by atoms with Crippen molar-refractivity contribution in [3.63, 3.8) is 0 Å². The second kappa shape index (κ2) is 6.22. The van der Waals surface area contributed by atoms with Crippen LogP contribution in [0.1, 0.15) is 27.8 Å². The van der Waals surface area contributed by atoms with Crippen LogP contribution in [-0.2, 0) is 11.0 Å². The molecule has 0 aliphatic heterocycles. The standard InChI is InChI=1S/C24H18N2O4/c27-21-19-20(22(28)25-21)24(19,26(29)30)23(16-10-4-1-5-11-16,17-12-6-2-7-13-17)18-14-8-3-9-15-18/h1-15,25,27-28H. The maximum Gasteiger partial charge on any atom is 0.301 e. The van der Waals surface area contributed by atoms with Crippen LogP contribution < -0.4 is 0 Å². The summed E-state index contributed by atoms with van der Waals surface area (Å²) in [5, 5.41) is 33.8. The topological polar surface area (TPSA) is 99.4 Å². The van der Waals surface area contributed by atoms with E-state index in [0.29, 0.717) is 16.7 Å². The lowest BCUT2D eigenvalue weighted by Crippen LogP contribution is -2.48. The lowest BCUT2D eigenvalue weighted by molar-refractivity contribution is -0.560. The summed E-state index contributed by atoms with van der Waals surface area (Å²) in [5.74, 6) is -0.766. The third-order valence-corrected chi connectivity index (χ3v) is 6.06.